The number of hydrogen-bond acceptors (Lipinski definition) is 6. The lowest BCUT2D eigenvalue weighted by atomic mass is 10.1. The summed E-state index contributed by atoms with van der Waals surface area (Å²) in [7, 11) is 0. The van der Waals surface area contributed by atoms with Crippen molar-refractivity contribution in [2.45, 2.75) is 6.92 Å². The number of rotatable bonds is 5. The van der Waals surface area contributed by atoms with E-state index in [1.807, 2.05) is 36.6 Å². The van der Waals surface area contributed by atoms with Crippen molar-refractivity contribution >= 4 is 34.0 Å². The lowest BCUT2D eigenvalue weighted by Gasteiger charge is -2.06. The summed E-state index contributed by atoms with van der Waals surface area (Å²) in [5.41, 5.74) is 9.16. The standard InChI is InChI=1S/C19H17N3O3S/c1-12-6-8-13(9-7-12)16-11-26-19(21-16)22-17(23)10-25-18(24)14-4-2-3-5-15(14)20/h2-9,11H,10,20H2,1H3,(H,21,22,23). The molecule has 6 nitrogen and oxygen atoms in total. The first-order valence-corrected chi connectivity index (χ1v) is 8.75. The highest BCUT2D eigenvalue weighted by Gasteiger charge is 2.14. The molecule has 7 heteroatoms. The van der Waals surface area contributed by atoms with Crippen LogP contribution in [-0.2, 0) is 9.53 Å². The molecule has 26 heavy (non-hydrogen) atoms. The fraction of sp³-hybridized carbons (Fsp3) is 0.105. The zero-order valence-electron chi connectivity index (χ0n) is 14.1. The first kappa shape index (κ1) is 17.6. The fourth-order valence-corrected chi connectivity index (χ4v) is 2.97. The molecule has 0 saturated carbocycles. The molecule has 0 atom stereocenters. The number of thiazole rings is 1. The number of ether oxygens (including phenoxy) is 1. The van der Waals surface area contributed by atoms with Crippen LogP contribution in [0.2, 0.25) is 0 Å². The molecule has 3 N–H and O–H groups in total. The van der Waals surface area contributed by atoms with E-state index in [2.05, 4.69) is 10.3 Å². The summed E-state index contributed by atoms with van der Waals surface area (Å²) >= 11 is 1.31. The van der Waals surface area contributed by atoms with Gasteiger partial charge in [0.2, 0.25) is 0 Å². The van der Waals surface area contributed by atoms with Crippen LogP contribution in [0.1, 0.15) is 15.9 Å². The molecule has 0 aliphatic carbocycles. The third-order valence-electron chi connectivity index (χ3n) is 3.61. The number of benzene rings is 2. The molecular weight excluding hydrogens is 350 g/mol. The largest absolute Gasteiger partial charge is 0.452 e. The maximum absolute atomic E-state index is 12.0. The van der Waals surface area contributed by atoms with E-state index in [0.29, 0.717) is 10.8 Å². The smallest absolute Gasteiger partial charge is 0.340 e. The number of nitrogens with one attached hydrogen (secondary N) is 1. The predicted octanol–water partition coefficient (Wildman–Crippen LogP) is 3.50. The Kier molecular flexibility index (Phi) is 5.28. The number of para-hydroxylation sites is 1. The fourth-order valence-electron chi connectivity index (χ4n) is 2.24. The Morgan fingerprint density at radius 1 is 1.15 bits per heavy atom. The van der Waals surface area contributed by atoms with Gasteiger partial charge in [-0.1, -0.05) is 42.0 Å². The second-order valence-electron chi connectivity index (χ2n) is 5.62. The van der Waals surface area contributed by atoms with Crippen molar-refractivity contribution in [2.24, 2.45) is 0 Å². The molecule has 0 saturated heterocycles. The van der Waals surface area contributed by atoms with Gasteiger partial charge in [-0.3, -0.25) is 10.1 Å². The van der Waals surface area contributed by atoms with E-state index in [1.54, 1.807) is 24.3 Å². The molecule has 0 spiro atoms. The van der Waals surface area contributed by atoms with Gasteiger partial charge in [-0.25, -0.2) is 9.78 Å². The average molecular weight is 367 g/mol. The van der Waals surface area contributed by atoms with Crippen LogP contribution in [0.5, 0.6) is 0 Å². The van der Waals surface area contributed by atoms with Crippen LogP contribution in [0.25, 0.3) is 11.3 Å². The minimum absolute atomic E-state index is 0.233. The number of aromatic nitrogens is 1. The van der Waals surface area contributed by atoms with Crippen LogP contribution in [-0.4, -0.2) is 23.5 Å². The normalized spacial score (nSPS) is 10.3. The maximum Gasteiger partial charge on any atom is 0.340 e. The zero-order chi connectivity index (χ0) is 18.5. The van der Waals surface area contributed by atoms with E-state index < -0.39 is 18.5 Å². The van der Waals surface area contributed by atoms with Crippen molar-refractivity contribution in [3.8, 4) is 11.3 Å². The molecular formula is C19H17N3O3S. The van der Waals surface area contributed by atoms with E-state index in [-0.39, 0.29) is 5.56 Å². The van der Waals surface area contributed by atoms with Crippen LogP contribution >= 0.6 is 11.3 Å². The number of nitrogens with two attached hydrogens (primary N) is 1. The molecule has 1 amide bonds. The molecule has 3 rings (SSSR count). The first-order valence-electron chi connectivity index (χ1n) is 7.87. The topological polar surface area (TPSA) is 94.3 Å². The number of esters is 1. The van der Waals surface area contributed by atoms with E-state index in [9.17, 15) is 9.59 Å². The summed E-state index contributed by atoms with van der Waals surface area (Å²) in [6.07, 6.45) is 0. The number of nitrogens with zero attached hydrogens (tertiary/aromatic N) is 1. The molecule has 0 aliphatic heterocycles. The third-order valence-corrected chi connectivity index (χ3v) is 4.37. The molecule has 1 heterocycles. The van der Waals surface area contributed by atoms with Gasteiger partial charge in [-0.05, 0) is 19.1 Å². The summed E-state index contributed by atoms with van der Waals surface area (Å²) in [5.74, 6) is -1.10. The lowest BCUT2D eigenvalue weighted by molar-refractivity contribution is -0.119. The Morgan fingerprint density at radius 2 is 1.88 bits per heavy atom. The van der Waals surface area contributed by atoms with Crippen LogP contribution in [0.15, 0.2) is 53.9 Å². The Bertz CT molecular complexity index is 935. The summed E-state index contributed by atoms with van der Waals surface area (Å²) in [5, 5.41) is 4.93. The molecule has 0 unspecified atom stereocenters. The SMILES string of the molecule is Cc1ccc(-c2csc(NC(=O)COC(=O)c3ccccc3N)n2)cc1. The number of amides is 1. The van der Waals surface area contributed by atoms with Gasteiger partial charge in [0.05, 0.1) is 11.3 Å². The van der Waals surface area contributed by atoms with Crippen molar-refractivity contribution in [1.82, 2.24) is 4.98 Å². The third kappa shape index (κ3) is 4.25. The Hall–Kier alpha value is -3.19. The number of carbonyl (C=O) groups excluding carboxylic acids is 2. The zero-order valence-corrected chi connectivity index (χ0v) is 14.9. The Labute approximate surface area is 154 Å². The van der Waals surface area contributed by atoms with Gasteiger partial charge in [0.1, 0.15) is 0 Å². The van der Waals surface area contributed by atoms with Gasteiger partial charge < -0.3 is 10.5 Å². The van der Waals surface area contributed by atoms with Crippen molar-refractivity contribution in [3.05, 3.63) is 65.0 Å². The van der Waals surface area contributed by atoms with Gasteiger partial charge in [-0.15, -0.1) is 11.3 Å². The summed E-state index contributed by atoms with van der Waals surface area (Å²) in [6, 6.07) is 14.5. The Morgan fingerprint density at radius 3 is 2.62 bits per heavy atom. The van der Waals surface area contributed by atoms with Crippen LogP contribution in [0.4, 0.5) is 10.8 Å². The molecule has 0 fully saturated rings. The summed E-state index contributed by atoms with van der Waals surface area (Å²) in [6.45, 7) is 1.60. The van der Waals surface area contributed by atoms with E-state index in [4.69, 9.17) is 10.5 Å². The van der Waals surface area contributed by atoms with Gasteiger partial charge in [0.25, 0.3) is 5.91 Å². The Balaban J connectivity index is 1.56. The van der Waals surface area contributed by atoms with Crippen molar-refractivity contribution in [3.63, 3.8) is 0 Å². The molecule has 3 aromatic rings. The van der Waals surface area contributed by atoms with Crippen molar-refractivity contribution in [2.75, 3.05) is 17.7 Å². The molecule has 0 aliphatic rings. The van der Waals surface area contributed by atoms with E-state index >= 15 is 0 Å². The highest BCUT2D eigenvalue weighted by molar-refractivity contribution is 7.14. The number of aryl methyl sites for hydroxylation is 1. The number of hydrogen-bond donors (Lipinski definition) is 2. The molecule has 0 bridgehead atoms. The first-order chi connectivity index (χ1) is 12.5. The van der Waals surface area contributed by atoms with E-state index in [1.165, 1.54) is 16.9 Å². The highest BCUT2D eigenvalue weighted by Crippen LogP contribution is 2.25. The molecule has 2 aromatic carbocycles. The average Bonchev–Trinajstić information content (AvgIpc) is 3.09. The molecule has 132 valence electrons. The predicted molar refractivity (Wildman–Crippen MR) is 102 cm³/mol. The summed E-state index contributed by atoms with van der Waals surface area (Å²) in [4.78, 5) is 28.3. The molecule has 0 radical (unpaired) electrons. The van der Waals surface area contributed by atoms with Crippen molar-refractivity contribution in [1.29, 1.82) is 0 Å². The number of carbonyl (C=O) groups is 2. The summed E-state index contributed by atoms with van der Waals surface area (Å²) < 4.78 is 4.99. The van der Waals surface area contributed by atoms with Crippen molar-refractivity contribution < 1.29 is 14.3 Å². The van der Waals surface area contributed by atoms with Gasteiger partial charge in [0, 0.05) is 16.6 Å². The van der Waals surface area contributed by atoms with Crippen LogP contribution < -0.4 is 11.1 Å². The monoisotopic (exact) mass is 367 g/mol. The van der Waals surface area contributed by atoms with Crippen LogP contribution in [0.3, 0.4) is 0 Å². The van der Waals surface area contributed by atoms with E-state index in [0.717, 1.165) is 11.3 Å². The quantitative estimate of drug-likeness (QED) is 0.532. The van der Waals surface area contributed by atoms with Crippen LogP contribution in [0, 0.1) is 6.92 Å². The van der Waals surface area contributed by atoms with Gasteiger partial charge in [0.15, 0.2) is 11.7 Å². The minimum atomic E-state index is -0.641. The second-order valence-corrected chi connectivity index (χ2v) is 6.47. The maximum atomic E-state index is 12.0. The van der Waals surface area contributed by atoms with Gasteiger partial charge in [-0.2, -0.15) is 0 Å². The minimum Gasteiger partial charge on any atom is -0.452 e. The molecule has 1 aromatic heterocycles. The second kappa shape index (κ2) is 7.79. The van der Waals surface area contributed by atoms with Gasteiger partial charge >= 0.3 is 5.97 Å². The number of nitrogen functional groups attached to an aromatic ring is 1. The lowest BCUT2D eigenvalue weighted by Crippen LogP contribution is -2.21. The number of anilines is 2. The highest BCUT2D eigenvalue weighted by atomic mass is 32.1.